The third-order valence-electron chi connectivity index (χ3n) is 4.61. The SMILES string of the molecule is CCC(C)NC(=O)NC(C)CN1CCN(Cc2ccccc2)CC1. The van der Waals surface area contributed by atoms with Crippen LogP contribution in [0.3, 0.4) is 0 Å². The fourth-order valence-corrected chi connectivity index (χ4v) is 3.00. The summed E-state index contributed by atoms with van der Waals surface area (Å²) >= 11 is 0. The lowest BCUT2D eigenvalue weighted by atomic mass is 10.2. The average molecular weight is 332 g/mol. The summed E-state index contributed by atoms with van der Waals surface area (Å²) in [5.41, 5.74) is 1.38. The van der Waals surface area contributed by atoms with Gasteiger partial charge in [-0.1, -0.05) is 37.3 Å². The monoisotopic (exact) mass is 332 g/mol. The zero-order chi connectivity index (χ0) is 17.4. The first-order chi connectivity index (χ1) is 11.6. The minimum atomic E-state index is -0.0560. The molecule has 134 valence electrons. The Hall–Kier alpha value is -1.59. The van der Waals surface area contributed by atoms with Crippen LogP contribution in [0.4, 0.5) is 4.79 Å². The molecule has 2 unspecified atom stereocenters. The van der Waals surface area contributed by atoms with Crippen molar-refractivity contribution in [2.24, 2.45) is 0 Å². The number of amides is 2. The number of nitrogens with zero attached hydrogens (tertiary/aromatic N) is 2. The van der Waals surface area contributed by atoms with E-state index in [-0.39, 0.29) is 18.1 Å². The van der Waals surface area contributed by atoms with Crippen molar-refractivity contribution in [3.63, 3.8) is 0 Å². The van der Waals surface area contributed by atoms with Crippen LogP contribution < -0.4 is 10.6 Å². The van der Waals surface area contributed by atoms with Crippen molar-refractivity contribution < 1.29 is 4.79 Å². The summed E-state index contributed by atoms with van der Waals surface area (Å²) in [6, 6.07) is 11.0. The Labute approximate surface area is 146 Å². The molecule has 2 atom stereocenters. The third kappa shape index (κ3) is 6.49. The van der Waals surface area contributed by atoms with Gasteiger partial charge in [-0.25, -0.2) is 4.79 Å². The van der Waals surface area contributed by atoms with E-state index in [0.717, 1.165) is 45.7 Å². The van der Waals surface area contributed by atoms with Crippen LogP contribution in [-0.2, 0) is 6.54 Å². The van der Waals surface area contributed by atoms with Gasteiger partial charge in [0.25, 0.3) is 0 Å². The van der Waals surface area contributed by atoms with E-state index in [4.69, 9.17) is 0 Å². The Morgan fingerprint density at radius 3 is 2.21 bits per heavy atom. The van der Waals surface area contributed by atoms with E-state index >= 15 is 0 Å². The number of rotatable bonds is 7. The van der Waals surface area contributed by atoms with Crippen LogP contribution >= 0.6 is 0 Å². The molecule has 0 saturated carbocycles. The van der Waals surface area contributed by atoms with Gasteiger partial charge in [-0.05, 0) is 25.8 Å². The lowest BCUT2D eigenvalue weighted by Crippen LogP contribution is -2.52. The lowest BCUT2D eigenvalue weighted by Gasteiger charge is -2.36. The molecule has 1 aliphatic rings. The number of benzene rings is 1. The second-order valence-electron chi connectivity index (χ2n) is 6.89. The van der Waals surface area contributed by atoms with Crippen molar-refractivity contribution in [1.29, 1.82) is 0 Å². The van der Waals surface area contributed by atoms with Crippen molar-refractivity contribution in [1.82, 2.24) is 20.4 Å². The fourth-order valence-electron chi connectivity index (χ4n) is 3.00. The normalized spacial score (nSPS) is 18.8. The van der Waals surface area contributed by atoms with E-state index in [1.54, 1.807) is 0 Å². The van der Waals surface area contributed by atoms with Crippen LogP contribution in [0.2, 0.25) is 0 Å². The van der Waals surface area contributed by atoms with Crippen molar-refractivity contribution in [2.75, 3.05) is 32.7 Å². The number of carbonyl (C=O) groups is 1. The topological polar surface area (TPSA) is 47.6 Å². The minimum Gasteiger partial charge on any atom is -0.336 e. The smallest absolute Gasteiger partial charge is 0.315 e. The van der Waals surface area contributed by atoms with Gasteiger partial charge in [0.2, 0.25) is 0 Å². The molecule has 1 saturated heterocycles. The highest BCUT2D eigenvalue weighted by Crippen LogP contribution is 2.08. The molecule has 2 amide bonds. The van der Waals surface area contributed by atoms with Crippen molar-refractivity contribution in [2.45, 2.75) is 45.8 Å². The molecule has 0 aliphatic carbocycles. The maximum absolute atomic E-state index is 11.9. The van der Waals surface area contributed by atoms with E-state index in [2.05, 4.69) is 64.6 Å². The maximum atomic E-state index is 11.9. The molecule has 2 N–H and O–H groups in total. The molecule has 2 rings (SSSR count). The highest BCUT2D eigenvalue weighted by molar-refractivity contribution is 5.74. The molecular weight excluding hydrogens is 300 g/mol. The molecule has 1 heterocycles. The number of hydrogen-bond acceptors (Lipinski definition) is 3. The van der Waals surface area contributed by atoms with Gasteiger partial charge >= 0.3 is 6.03 Å². The van der Waals surface area contributed by atoms with E-state index in [9.17, 15) is 4.79 Å². The van der Waals surface area contributed by atoms with E-state index in [1.165, 1.54) is 5.56 Å². The zero-order valence-corrected chi connectivity index (χ0v) is 15.3. The first kappa shape index (κ1) is 18.7. The van der Waals surface area contributed by atoms with Crippen LogP contribution in [0.15, 0.2) is 30.3 Å². The standard InChI is InChI=1S/C19H32N4O/c1-4-16(2)20-19(24)21-17(3)14-22-10-12-23(13-11-22)15-18-8-6-5-7-9-18/h5-9,16-17H,4,10-15H2,1-3H3,(H2,20,21,24). The summed E-state index contributed by atoms with van der Waals surface area (Å²) in [6.45, 7) is 12.4. The van der Waals surface area contributed by atoms with Crippen molar-refractivity contribution >= 4 is 6.03 Å². The Balaban J connectivity index is 1.66. The summed E-state index contributed by atoms with van der Waals surface area (Å²) in [5, 5.41) is 5.99. The Morgan fingerprint density at radius 2 is 1.58 bits per heavy atom. The highest BCUT2D eigenvalue weighted by Gasteiger charge is 2.19. The summed E-state index contributed by atoms with van der Waals surface area (Å²) < 4.78 is 0. The van der Waals surface area contributed by atoms with Gasteiger partial charge in [0.05, 0.1) is 0 Å². The van der Waals surface area contributed by atoms with Gasteiger partial charge in [0, 0.05) is 51.4 Å². The van der Waals surface area contributed by atoms with Crippen LogP contribution in [0.5, 0.6) is 0 Å². The molecule has 1 aliphatic heterocycles. The molecule has 1 aromatic carbocycles. The second kappa shape index (κ2) is 9.64. The predicted molar refractivity (Wildman–Crippen MR) is 99.0 cm³/mol. The number of urea groups is 1. The number of piperazine rings is 1. The van der Waals surface area contributed by atoms with E-state index in [0.29, 0.717) is 0 Å². The average Bonchev–Trinajstić information content (AvgIpc) is 2.57. The molecule has 0 radical (unpaired) electrons. The molecule has 1 fully saturated rings. The quantitative estimate of drug-likeness (QED) is 0.805. The molecular formula is C19H32N4O. The van der Waals surface area contributed by atoms with Gasteiger partial charge in [-0.3, -0.25) is 9.80 Å². The molecule has 0 bridgehead atoms. The Bertz CT molecular complexity index is 485. The highest BCUT2D eigenvalue weighted by atomic mass is 16.2. The zero-order valence-electron chi connectivity index (χ0n) is 15.3. The van der Waals surface area contributed by atoms with E-state index in [1.807, 2.05) is 6.92 Å². The van der Waals surface area contributed by atoms with Gasteiger partial charge in [-0.2, -0.15) is 0 Å². The molecule has 24 heavy (non-hydrogen) atoms. The lowest BCUT2D eigenvalue weighted by molar-refractivity contribution is 0.120. The summed E-state index contributed by atoms with van der Waals surface area (Å²) in [7, 11) is 0. The van der Waals surface area contributed by atoms with Crippen molar-refractivity contribution in [3.05, 3.63) is 35.9 Å². The summed E-state index contributed by atoms with van der Waals surface area (Å²) in [6.07, 6.45) is 0.950. The van der Waals surface area contributed by atoms with E-state index < -0.39 is 0 Å². The number of carbonyl (C=O) groups excluding carboxylic acids is 1. The maximum Gasteiger partial charge on any atom is 0.315 e. The van der Waals surface area contributed by atoms with Gasteiger partial charge in [-0.15, -0.1) is 0 Å². The second-order valence-corrected chi connectivity index (χ2v) is 6.89. The Morgan fingerprint density at radius 1 is 1.00 bits per heavy atom. The molecule has 5 heteroatoms. The first-order valence-corrected chi connectivity index (χ1v) is 9.12. The van der Waals surface area contributed by atoms with Crippen LogP contribution in [0, 0.1) is 0 Å². The largest absolute Gasteiger partial charge is 0.336 e. The van der Waals surface area contributed by atoms with Gasteiger partial charge in [0.1, 0.15) is 0 Å². The third-order valence-corrected chi connectivity index (χ3v) is 4.61. The number of hydrogen-bond donors (Lipinski definition) is 2. The molecule has 0 spiro atoms. The predicted octanol–water partition coefficient (Wildman–Crippen LogP) is 2.29. The summed E-state index contributed by atoms with van der Waals surface area (Å²) in [4.78, 5) is 16.8. The molecule has 1 aromatic rings. The fraction of sp³-hybridized carbons (Fsp3) is 0.632. The van der Waals surface area contributed by atoms with Crippen LogP contribution in [0.1, 0.15) is 32.8 Å². The number of nitrogens with one attached hydrogen (secondary N) is 2. The summed E-state index contributed by atoms with van der Waals surface area (Å²) in [5.74, 6) is 0. The molecule has 5 nitrogen and oxygen atoms in total. The van der Waals surface area contributed by atoms with Crippen LogP contribution in [-0.4, -0.2) is 60.6 Å². The van der Waals surface area contributed by atoms with Gasteiger partial charge < -0.3 is 10.6 Å². The first-order valence-electron chi connectivity index (χ1n) is 9.12. The van der Waals surface area contributed by atoms with Gasteiger partial charge in [0.15, 0.2) is 0 Å². The van der Waals surface area contributed by atoms with Crippen LogP contribution in [0.25, 0.3) is 0 Å². The van der Waals surface area contributed by atoms with Crippen molar-refractivity contribution in [3.8, 4) is 0 Å². The minimum absolute atomic E-state index is 0.0560. The molecule has 0 aromatic heterocycles. The Kier molecular flexibility index (Phi) is 7.53.